The van der Waals surface area contributed by atoms with E-state index in [4.69, 9.17) is 5.11 Å². The Hall–Kier alpha value is -1.35. The first-order valence-electron chi connectivity index (χ1n) is 5.12. The average Bonchev–Trinajstić information content (AvgIpc) is 2.17. The van der Waals surface area contributed by atoms with Crippen molar-refractivity contribution >= 4 is 5.97 Å². The monoisotopic (exact) mass is 207 g/mol. The van der Waals surface area contributed by atoms with Crippen LogP contribution in [0.1, 0.15) is 31.9 Å². The van der Waals surface area contributed by atoms with Crippen molar-refractivity contribution in [1.29, 1.82) is 0 Å². The summed E-state index contributed by atoms with van der Waals surface area (Å²) in [7, 11) is 0. The number of carbonyl (C=O) groups is 1. The first kappa shape index (κ1) is 11.7. The summed E-state index contributed by atoms with van der Waals surface area (Å²) in [5, 5.41) is 11.9. The van der Waals surface area contributed by atoms with Gasteiger partial charge in [-0.15, -0.1) is 0 Å². The van der Waals surface area contributed by atoms with Gasteiger partial charge in [0.1, 0.15) is 0 Å². The first-order chi connectivity index (χ1) is 7.09. The summed E-state index contributed by atoms with van der Waals surface area (Å²) in [6, 6.07) is 10.2. The lowest BCUT2D eigenvalue weighted by atomic mass is 10.1. The molecule has 1 rings (SSSR count). The Bertz CT molecular complexity index is 311. The molecular formula is C12H17NO2. The predicted octanol–water partition coefficient (Wildman–Crippen LogP) is 2.20. The van der Waals surface area contributed by atoms with Crippen molar-refractivity contribution in [2.24, 2.45) is 0 Å². The zero-order chi connectivity index (χ0) is 11.3. The summed E-state index contributed by atoms with van der Waals surface area (Å²) < 4.78 is 0. The molecule has 1 aromatic rings. The number of nitrogens with one attached hydrogen (secondary N) is 1. The molecule has 2 atom stereocenters. The second-order valence-electron chi connectivity index (χ2n) is 3.80. The molecule has 3 nitrogen and oxygen atoms in total. The average molecular weight is 207 g/mol. The van der Waals surface area contributed by atoms with Gasteiger partial charge in [0.2, 0.25) is 0 Å². The van der Waals surface area contributed by atoms with Crippen LogP contribution in [-0.4, -0.2) is 17.1 Å². The second kappa shape index (κ2) is 5.51. The molecule has 0 unspecified atom stereocenters. The molecule has 0 saturated heterocycles. The van der Waals surface area contributed by atoms with Gasteiger partial charge in [0.15, 0.2) is 0 Å². The maximum atomic E-state index is 10.5. The summed E-state index contributed by atoms with van der Waals surface area (Å²) >= 11 is 0. The predicted molar refractivity (Wildman–Crippen MR) is 59.7 cm³/mol. The molecule has 0 saturated carbocycles. The highest BCUT2D eigenvalue weighted by atomic mass is 16.4. The van der Waals surface area contributed by atoms with E-state index in [9.17, 15) is 4.79 Å². The molecule has 0 radical (unpaired) electrons. The summed E-state index contributed by atoms with van der Waals surface area (Å²) in [4.78, 5) is 10.5. The topological polar surface area (TPSA) is 49.3 Å². The zero-order valence-corrected chi connectivity index (χ0v) is 9.10. The van der Waals surface area contributed by atoms with Gasteiger partial charge in [-0.3, -0.25) is 4.79 Å². The van der Waals surface area contributed by atoms with Gasteiger partial charge < -0.3 is 10.4 Å². The molecule has 0 aliphatic carbocycles. The van der Waals surface area contributed by atoms with Crippen molar-refractivity contribution in [3.05, 3.63) is 35.9 Å². The van der Waals surface area contributed by atoms with Crippen LogP contribution in [0.3, 0.4) is 0 Å². The van der Waals surface area contributed by atoms with Gasteiger partial charge in [0.05, 0.1) is 6.42 Å². The standard InChI is InChI=1S/C12H17NO2/c1-9(8-12(14)15)13-10(2)11-6-4-3-5-7-11/h3-7,9-10,13H,8H2,1-2H3,(H,14,15)/t9-,10-/m0/s1. The molecule has 1 aromatic carbocycles. The zero-order valence-electron chi connectivity index (χ0n) is 9.10. The molecule has 3 heteroatoms. The van der Waals surface area contributed by atoms with E-state index in [1.807, 2.05) is 44.2 Å². The number of benzene rings is 1. The molecule has 15 heavy (non-hydrogen) atoms. The SMILES string of the molecule is C[C@H](N[C@@H](C)CC(=O)O)c1ccccc1. The Kier molecular flexibility index (Phi) is 4.31. The minimum absolute atomic E-state index is 0.0160. The van der Waals surface area contributed by atoms with Crippen molar-refractivity contribution in [1.82, 2.24) is 5.32 Å². The number of rotatable bonds is 5. The Labute approximate surface area is 90.1 Å². The van der Waals surface area contributed by atoms with Crippen LogP contribution in [0.25, 0.3) is 0 Å². The highest BCUT2D eigenvalue weighted by molar-refractivity contribution is 5.67. The second-order valence-corrected chi connectivity index (χ2v) is 3.80. The minimum atomic E-state index is -0.768. The summed E-state index contributed by atoms with van der Waals surface area (Å²) in [5.41, 5.74) is 1.18. The van der Waals surface area contributed by atoms with E-state index in [-0.39, 0.29) is 18.5 Å². The van der Waals surface area contributed by atoms with Gasteiger partial charge in [-0.05, 0) is 19.4 Å². The van der Waals surface area contributed by atoms with Crippen LogP contribution in [0.5, 0.6) is 0 Å². The molecule has 82 valence electrons. The fraction of sp³-hybridized carbons (Fsp3) is 0.417. The quantitative estimate of drug-likeness (QED) is 0.778. The van der Waals surface area contributed by atoms with E-state index >= 15 is 0 Å². The van der Waals surface area contributed by atoms with Crippen LogP contribution in [0.2, 0.25) is 0 Å². The van der Waals surface area contributed by atoms with E-state index in [1.165, 1.54) is 5.56 Å². The van der Waals surface area contributed by atoms with E-state index in [1.54, 1.807) is 0 Å². The highest BCUT2D eigenvalue weighted by Crippen LogP contribution is 2.12. The van der Waals surface area contributed by atoms with E-state index in [0.29, 0.717) is 0 Å². The van der Waals surface area contributed by atoms with Crippen molar-refractivity contribution < 1.29 is 9.90 Å². The first-order valence-corrected chi connectivity index (χ1v) is 5.12. The van der Waals surface area contributed by atoms with Gasteiger partial charge in [-0.1, -0.05) is 30.3 Å². The van der Waals surface area contributed by atoms with Gasteiger partial charge in [-0.2, -0.15) is 0 Å². The maximum Gasteiger partial charge on any atom is 0.304 e. The Balaban J connectivity index is 2.49. The molecule has 0 amide bonds. The van der Waals surface area contributed by atoms with Crippen molar-refractivity contribution in [2.75, 3.05) is 0 Å². The third kappa shape index (κ3) is 4.13. The highest BCUT2D eigenvalue weighted by Gasteiger charge is 2.11. The molecule has 2 N–H and O–H groups in total. The Morgan fingerprint density at radius 3 is 2.47 bits per heavy atom. The Morgan fingerprint density at radius 1 is 1.33 bits per heavy atom. The summed E-state index contributed by atoms with van der Waals surface area (Å²) in [5.74, 6) is -0.768. The number of aliphatic carboxylic acids is 1. The number of hydrogen-bond acceptors (Lipinski definition) is 2. The number of carboxylic acid groups (broad SMARTS) is 1. The third-order valence-corrected chi connectivity index (χ3v) is 2.31. The molecule has 0 bridgehead atoms. The normalized spacial score (nSPS) is 14.5. The van der Waals surface area contributed by atoms with Crippen LogP contribution in [-0.2, 0) is 4.79 Å². The molecule has 0 spiro atoms. The van der Waals surface area contributed by atoms with Gasteiger partial charge in [0, 0.05) is 12.1 Å². The van der Waals surface area contributed by atoms with Crippen LogP contribution in [0, 0.1) is 0 Å². The van der Waals surface area contributed by atoms with Crippen LogP contribution in [0.15, 0.2) is 30.3 Å². The van der Waals surface area contributed by atoms with Gasteiger partial charge in [0.25, 0.3) is 0 Å². The lowest BCUT2D eigenvalue weighted by Crippen LogP contribution is -2.30. The van der Waals surface area contributed by atoms with Crippen LogP contribution in [0.4, 0.5) is 0 Å². The molecule has 0 fully saturated rings. The number of carboxylic acids is 1. The van der Waals surface area contributed by atoms with Gasteiger partial charge >= 0.3 is 5.97 Å². The largest absolute Gasteiger partial charge is 0.481 e. The van der Waals surface area contributed by atoms with Gasteiger partial charge in [-0.25, -0.2) is 0 Å². The molecule has 0 aliphatic rings. The van der Waals surface area contributed by atoms with Crippen LogP contribution >= 0.6 is 0 Å². The molecule has 0 aromatic heterocycles. The number of hydrogen-bond donors (Lipinski definition) is 2. The van der Waals surface area contributed by atoms with E-state index in [2.05, 4.69) is 5.32 Å². The fourth-order valence-corrected chi connectivity index (χ4v) is 1.59. The lowest BCUT2D eigenvalue weighted by molar-refractivity contribution is -0.137. The van der Waals surface area contributed by atoms with Crippen molar-refractivity contribution in [3.63, 3.8) is 0 Å². The summed E-state index contributed by atoms with van der Waals surface area (Å²) in [6.07, 6.45) is 0.150. The van der Waals surface area contributed by atoms with E-state index in [0.717, 1.165) is 0 Å². The molecule has 0 aliphatic heterocycles. The third-order valence-electron chi connectivity index (χ3n) is 2.31. The fourth-order valence-electron chi connectivity index (χ4n) is 1.59. The maximum absolute atomic E-state index is 10.5. The Morgan fingerprint density at radius 2 is 1.93 bits per heavy atom. The minimum Gasteiger partial charge on any atom is -0.481 e. The van der Waals surface area contributed by atoms with Crippen molar-refractivity contribution in [2.45, 2.75) is 32.4 Å². The molecular weight excluding hydrogens is 190 g/mol. The summed E-state index contributed by atoms with van der Waals surface area (Å²) in [6.45, 7) is 3.92. The van der Waals surface area contributed by atoms with Crippen LogP contribution < -0.4 is 5.32 Å². The van der Waals surface area contributed by atoms with Crippen molar-refractivity contribution in [3.8, 4) is 0 Å². The smallest absolute Gasteiger partial charge is 0.304 e. The molecule has 0 heterocycles. The van der Waals surface area contributed by atoms with E-state index < -0.39 is 5.97 Å². The lowest BCUT2D eigenvalue weighted by Gasteiger charge is -2.18.